The molecular weight excluding hydrogens is 272 g/mol. The summed E-state index contributed by atoms with van der Waals surface area (Å²) in [5.74, 6) is -1.31. The lowest BCUT2D eigenvalue weighted by Gasteiger charge is -2.35. The van der Waals surface area contributed by atoms with Crippen LogP contribution in [-0.2, 0) is 14.3 Å². The van der Waals surface area contributed by atoms with Crippen LogP contribution in [0.1, 0.15) is 40.0 Å². The molecule has 1 aliphatic carbocycles. The molecule has 0 radical (unpaired) electrons. The molecule has 0 bridgehead atoms. The van der Waals surface area contributed by atoms with Crippen LogP contribution in [0.15, 0.2) is 0 Å². The number of carbonyl (C=O) groups is 2. The highest BCUT2D eigenvalue weighted by atomic mass is 16.5. The van der Waals surface area contributed by atoms with Crippen LogP contribution in [0, 0.1) is 17.8 Å². The Morgan fingerprint density at radius 3 is 2.38 bits per heavy atom. The summed E-state index contributed by atoms with van der Waals surface area (Å²) in [4.78, 5) is 23.3. The Morgan fingerprint density at radius 2 is 1.95 bits per heavy atom. The monoisotopic (exact) mass is 300 g/mol. The van der Waals surface area contributed by atoms with Crippen molar-refractivity contribution in [3.05, 3.63) is 0 Å². The summed E-state index contributed by atoms with van der Waals surface area (Å²) in [5, 5.41) is 13.4. The smallest absolute Gasteiger partial charge is 0.311 e. The van der Waals surface area contributed by atoms with E-state index in [0.29, 0.717) is 6.42 Å². The van der Waals surface area contributed by atoms with Crippen LogP contribution in [0.3, 0.4) is 0 Å². The van der Waals surface area contributed by atoms with Crippen LogP contribution in [-0.4, -0.2) is 42.3 Å². The molecule has 4 N–H and O–H groups in total. The van der Waals surface area contributed by atoms with E-state index < -0.39 is 18.0 Å². The summed E-state index contributed by atoms with van der Waals surface area (Å²) >= 11 is 0. The second kappa shape index (κ2) is 7.75. The van der Waals surface area contributed by atoms with Gasteiger partial charge in [-0.05, 0) is 12.3 Å². The molecule has 21 heavy (non-hydrogen) atoms. The number of nitrogens with two attached hydrogens (primary N) is 1. The molecule has 122 valence electrons. The number of rotatable bonds is 6. The van der Waals surface area contributed by atoms with Gasteiger partial charge >= 0.3 is 5.97 Å². The van der Waals surface area contributed by atoms with Crippen molar-refractivity contribution in [2.24, 2.45) is 23.5 Å². The second-order valence-electron chi connectivity index (χ2n) is 5.90. The minimum atomic E-state index is -0.884. The van der Waals surface area contributed by atoms with Crippen molar-refractivity contribution in [1.29, 1.82) is 0 Å². The lowest BCUT2D eigenvalue weighted by atomic mass is 9.80. The number of nitrogens with one attached hydrogen (secondary N) is 1. The van der Waals surface area contributed by atoms with Crippen molar-refractivity contribution in [1.82, 2.24) is 5.32 Å². The van der Waals surface area contributed by atoms with E-state index in [4.69, 9.17) is 10.5 Å². The number of esters is 1. The molecule has 0 aromatic carbocycles. The molecule has 0 spiro atoms. The Hall–Kier alpha value is -1.14. The van der Waals surface area contributed by atoms with Gasteiger partial charge in [0.05, 0.1) is 19.1 Å². The minimum Gasteiger partial charge on any atom is -0.469 e. The SMILES string of the molecule is CCC(CC)C(NC(C)=O)C1C(N)CC(C(=O)OC)C1O. The summed E-state index contributed by atoms with van der Waals surface area (Å²) in [7, 11) is 1.31. The molecule has 1 rings (SSSR count). The Morgan fingerprint density at radius 1 is 1.38 bits per heavy atom. The first-order valence-corrected chi connectivity index (χ1v) is 7.65. The zero-order chi connectivity index (χ0) is 16.2. The Kier molecular flexibility index (Phi) is 6.61. The van der Waals surface area contributed by atoms with Crippen molar-refractivity contribution in [2.45, 2.75) is 58.2 Å². The van der Waals surface area contributed by atoms with E-state index >= 15 is 0 Å². The standard InChI is InChI=1S/C15H28N2O4/c1-5-9(6-2)13(17-8(3)18)12-11(16)7-10(14(12)19)15(20)21-4/h9-14,19H,5-7,16H2,1-4H3,(H,17,18). The second-order valence-corrected chi connectivity index (χ2v) is 5.90. The molecule has 0 aromatic heterocycles. The van der Waals surface area contributed by atoms with Crippen molar-refractivity contribution >= 4 is 11.9 Å². The molecule has 1 fully saturated rings. The molecule has 6 heteroatoms. The van der Waals surface area contributed by atoms with Crippen LogP contribution in [0.2, 0.25) is 0 Å². The number of aliphatic hydroxyl groups is 1. The first kappa shape index (κ1) is 17.9. The van der Waals surface area contributed by atoms with E-state index in [2.05, 4.69) is 5.32 Å². The number of amides is 1. The third-order valence-electron chi connectivity index (χ3n) is 4.67. The predicted molar refractivity (Wildman–Crippen MR) is 79.3 cm³/mol. The van der Waals surface area contributed by atoms with E-state index in [9.17, 15) is 14.7 Å². The number of carbonyl (C=O) groups excluding carboxylic acids is 2. The van der Waals surface area contributed by atoms with Gasteiger partial charge in [0.25, 0.3) is 0 Å². The summed E-state index contributed by atoms with van der Waals surface area (Å²) in [6, 6.07) is -0.557. The molecule has 0 saturated heterocycles. The lowest BCUT2D eigenvalue weighted by Crippen LogP contribution is -2.52. The van der Waals surface area contributed by atoms with Crippen molar-refractivity contribution < 1.29 is 19.4 Å². The van der Waals surface area contributed by atoms with Crippen LogP contribution in [0.5, 0.6) is 0 Å². The molecule has 5 atom stereocenters. The molecular formula is C15H28N2O4. The van der Waals surface area contributed by atoms with E-state index in [1.807, 2.05) is 13.8 Å². The van der Waals surface area contributed by atoms with Crippen molar-refractivity contribution in [3.8, 4) is 0 Å². The van der Waals surface area contributed by atoms with Crippen LogP contribution >= 0.6 is 0 Å². The molecule has 1 saturated carbocycles. The zero-order valence-electron chi connectivity index (χ0n) is 13.3. The van der Waals surface area contributed by atoms with Gasteiger partial charge in [-0.1, -0.05) is 26.7 Å². The zero-order valence-corrected chi connectivity index (χ0v) is 13.3. The number of hydrogen-bond donors (Lipinski definition) is 3. The van der Waals surface area contributed by atoms with Gasteiger partial charge in [0.1, 0.15) is 0 Å². The molecule has 6 nitrogen and oxygen atoms in total. The van der Waals surface area contributed by atoms with Gasteiger partial charge in [-0.15, -0.1) is 0 Å². The summed E-state index contributed by atoms with van der Waals surface area (Å²) in [6.45, 7) is 5.56. The highest BCUT2D eigenvalue weighted by Gasteiger charge is 2.49. The fourth-order valence-electron chi connectivity index (χ4n) is 3.54. The van der Waals surface area contributed by atoms with E-state index in [1.165, 1.54) is 14.0 Å². The van der Waals surface area contributed by atoms with Gasteiger partial charge in [-0.3, -0.25) is 9.59 Å². The summed E-state index contributed by atoms with van der Waals surface area (Å²) in [5.41, 5.74) is 6.16. The maximum atomic E-state index is 11.7. The van der Waals surface area contributed by atoms with Gasteiger partial charge in [-0.2, -0.15) is 0 Å². The van der Waals surface area contributed by atoms with Crippen LogP contribution in [0.4, 0.5) is 0 Å². The highest BCUT2D eigenvalue weighted by Crippen LogP contribution is 2.37. The molecule has 0 aromatic rings. The van der Waals surface area contributed by atoms with Gasteiger partial charge < -0.3 is 20.9 Å². The maximum absolute atomic E-state index is 11.7. The topological polar surface area (TPSA) is 102 Å². The predicted octanol–water partition coefficient (Wildman–Crippen LogP) is 0.425. The molecule has 1 amide bonds. The summed E-state index contributed by atoms with van der Waals surface area (Å²) < 4.78 is 4.73. The van der Waals surface area contributed by atoms with Crippen LogP contribution < -0.4 is 11.1 Å². The Balaban J connectivity index is 3.00. The largest absolute Gasteiger partial charge is 0.469 e. The highest BCUT2D eigenvalue weighted by molar-refractivity contribution is 5.74. The van der Waals surface area contributed by atoms with Gasteiger partial charge in [-0.25, -0.2) is 0 Å². The molecule has 1 aliphatic rings. The van der Waals surface area contributed by atoms with E-state index in [0.717, 1.165) is 12.8 Å². The van der Waals surface area contributed by atoms with Gasteiger partial charge in [0, 0.05) is 24.9 Å². The number of hydrogen-bond acceptors (Lipinski definition) is 5. The fraction of sp³-hybridized carbons (Fsp3) is 0.867. The lowest BCUT2D eigenvalue weighted by molar-refractivity contribution is -0.149. The number of aliphatic hydroxyl groups excluding tert-OH is 1. The number of methoxy groups -OCH3 is 1. The molecule has 0 aliphatic heterocycles. The molecule has 5 unspecified atom stereocenters. The molecule has 0 heterocycles. The van der Waals surface area contributed by atoms with Crippen LogP contribution in [0.25, 0.3) is 0 Å². The van der Waals surface area contributed by atoms with E-state index in [1.54, 1.807) is 0 Å². The summed E-state index contributed by atoms with van der Waals surface area (Å²) in [6.07, 6.45) is 1.25. The quantitative estimate of drug-likeness (QED) is 0.617. The first-order chi connectivity index (χ1) is 9.87. The maximum Gasteiger partial charge on any atom is 0.311 e. The van der Waals surface area contributed by atoms with E-state index in [-0.39, 0.29) is 29.8 Å². The third-order valence-corrected chi connectivity index (χ3v) is 4.67. The normalized spacial score (nSPS) is 30.2. The van der Waals surface area contributed by atoms with Crippen molar-refractivity contribution in [3.63, 3.8) is 0 Å². The average Bonchev–Trinajstić information content (AvgIpc) is 2.73. The Labute approximate surface area is 126 Å². The van der Waals surface area contributed by atoms with Crippen molar-refractivity contribution in [2.75, 3.05) is 7.11 Å². The Bertz CT molecular complexity index is 371. The first-order valence-electron chi connectivity index (χ1n) is 7.65. The average molecular weight is 300 g/mol. The third kappa shape index (κ3) is 3.95. The fourth-order valence-corrected chi connectivity index (χ4v) is 3.54. The van der Waals surface area contributed by atoms with Gasteiger partial charge in [0.15, 0.2) is 0 Å². The minimum absolute atomic E-state index is 0.146. The number of ether oxygens (including phenoxy) is 1. The van der Waals surface area contributed by atoms with Gasteiger partial charge in [0.2, 0.25) is 5.91 Å².